The van der Waals surface area contributed by atoms with Crippen LogP contribution in [0.1, 0.15) is 12.8 Å². The molecule has 0 radical (unpaired) electrons. The Morgan fingerprint density at radius 2 is 1.84 bits per heavy atom. The van der Waals surface area contributed by atoms with Crippen molar-refractivity contribution in [3.8, 4) is 17.0 Å². The Morgan fingerprint density at radius 3 is 2.57 bits per heavy atom. The number of benzene rings is 2. The van der Waals surface area contributed by atoms with E-state index in [0.717, 1.165) is 42.5 Å². The van der Waals surface area contributed by atoms with Crippen molar-refractivity contribution >= 4 is 44.7 Å². The lowest BCUT2D eigenvalue weighted by molar-refractivity contribution is 0.0723. The number of amides is 1. The maximum atomic E-state index is 13.3. The molecule has 0 spiro atoms. The number of fused-ring (bicyclic) bond motifs is 4. The minimum absolute atomic E-state index is 0.0659. The summed E-state index contributed by atoms with van der Waals surface area (Å²) in [6.45, 7) is 3.02. The Labute approximate surface area is 221 Å². The summed E-state index contributed by atoms with van der Waals surface area (Å²) in [6.07, 6.45) is 3.29. The van der Waals surface area contributed by atoms with Gasteiger partial charge in [-0.25, -0.2) is 14.2 Å². The van der Waals surface area contributed by atoms with Crippen LogP contribution in [-0.2, 0) is 0 Å². The van der Waals surface area contributed by atoms with Crippen molar-refractivity contribution in [2.75, 3.05) is 25.0 Å². The number of ether oxygens (including phenoxy) is 1. The molecule has 2 N–H and O–H groups in total. The monoisotopic (exact) mass is 562 g/mol. The molecular weight excluding hydrogens is 539 g/mol. The Balaban J connectivity index is 1.32. The van der Waals surface area contributed by atoms with Crippen LogP contribution < -0.4 is 15.4 Å². The largest absolute Gasteiger partial charge is 0.414 e. The lowest BCUT2D eigenvalue weighted by atomic mass is 9.84. The smallest absolute Gasteiger partial charge is 0.391 e. The molecule has 4 aromatic rings. The van der Waals surface area contributed by atoms with Gasteiger partial charge >= 0.3 is 6.09 Å². The third-order valence-corrected chi connectivity index (χ3v) is 7.64. The van der Waals surface area contributed by atoms with Gasteiger partial charge in [-0.15, -0.1) is 0 Å². The van der Waals surface area contributed by atoms with E-state index in [1.165, 1.54) is 12.1 Å². The van der Waals surface area contributed by atoms with E-state index in [2.05, 4.69) is 46.4 Å². The van der Waals surface area contributed by atoms with Crippen LogP contribution in [-0.4, -0.2) is 51.6 Å². The molecule has 5 heterocycles. The first kappa shape index (κ1) is 23.7. The zero-order valence-electron chi connectivity index (χ0n) is 19.8. The summed E-state index contributed by atoms with van der Waals surface area (Å²) >= 11 is 3.60. The number of hydrogen-bond donors (Lipinski definition) is 2. The van der Waals surface area contributed by atoms with E-state index in [1.54, 1.807) is 18.3 Å². The number of aromatic nitrogens is 3. The first-order chi connectivity index (χ1) is 18.0. The molecule has 1 atom stereocenters. The van der Waals surface area contributed by atoms with Crippen molar-refractivity contribution < 1.29 is 13.9 Å². The van der Waals surface area contributed by atoms with Crippen LogP contribution in [0.3, 0.4) is 0 Å². The summed E-state index contributed by atoms with van der Waals surface area (Å²) in [5, 5.41) is 6.79. The SMILES string of the molecule is O=C(NC1CN2CCC1CC2)Oc1nc2nc(Nc3ccc(F)cc3)ncc2cc1-c1ccccc1Br. The molecule has 3 fully saturated rings. The molecule has 7 rings (SSSR count). The molecule has 0 saturated carbocycles. The number of nitrogens with one attached hydrogen (secondary N) is 2. The first-order valence-corrected chi connectivity index (χ1v) is 13.0. The number of halogens is 2. The lowest BCUT2D eigenvalue weighted by Crippen LogP contribution is -2.57. The number of piperidine rings is 3. The highest BCUT2D eigenvalue weighted by atomic mass is 79.9. The second-order valence-electron chi connectivity index (χ2n) is 9.34. The number of carbonyl (C=O) groups is 1. The fourth-order valence-electron chi connectivity index (χ4n) is 5.02. The van der Waals surface area contributed by atoms with Gasteiger partial charge < -0.3 is 20.3 Å². The molecule has 0 aliphatic carbocycles. The molecule has 8 nitrogen and oxygen atoms in total. The predicted octanol–water partition coefficient (Wildman–Crippen LogP) is 5.52. The van der Waals surface area contributed by atoms with E-state index in [-0.39, 0.29) is 17.7 Å². The molecular formula is C27H24BrFN6O2. The number of rotatable bonds is 5. The van der Waals surface area contributed by atoms with Gasteiger partial charge in [-0.3, -0.25) is 0 Å². The number of anilines is 2. The van der Waals surface area contributed by atoms with Crippen LogP contribution in [0.4, 0.5) is 20.8 Å². The van der Waals surface area contributed by atoms with Crippen LogP contribution in [0.2, 0.25) is 0 Å². The van der Waals surface area contributed by atoms with Crippen LogP contribution in [0.15, 0.2) is 65.3 Å². The average Bonchev–Trinajstić information content (AvgIpc) is 2.91. The minimum Gasteiger partial charge on any atom is -0.391 e. The third kappa shape index (κ3) is 5.12. The van der Waals surface area contributed by atoms with Gasteiger partial charge in [0, 0.05) is 45.5 Å². The highest BCUT2D eigenvalue weighted by Crippen LogP contribution is 2.36. The summed E-state index contributed by atoms with van der Waals surface area (Å²) < 4.78 is 19.9. The average molecular weight is 563 g/mol. The molecule has 10 heteroatoms. The summed E-state index contributed by atoms with van der Waals surface area (Å²) in [7, 11) is 0. The maximum Gasteiger partial charge on any atom is 0.414 e. The summed E-state index contributed by atoms with van der Waals surface area (Å²) in [4.78, 5) is 28.9. The second kappa shape index (κ2) is 10.0. The highest BCUT2D eigenvalue weighted by Gasteiger charge is 2.35. The third-order valence-electron chi connectivity index (χ3n) is 6.95. The minimum atomic E-state index is -0.530. The summed E-state index contributed by atoms with van der Waals surface area (Å²) in [5.41, 5.74) is 2.47. The van der Waals surface area contributed by atoms with Crippen molar-refractivity contribution in [1.29, 1.82) is 0 Å². The Kier molecular flexibility index (Phi) is 6.43. The quantitative estimate of drug-likeness (QED) is 0.331. The Hall–Kier alpha value is -3.63. The topological polar surface area (TPSA) is 92.3 Å². The van der Waals surface area contributed by atoms with Crippen molar-refractivity contribution in [1.82, 2.24) is 25.2 Å². The van der Waals surface area contributed by atoms with Gasteiger partial charge in [0.25, 0.3) is 0 Å². The molecule has 3 aliphatic heterocycles. The highest BCUT2D eigenvalue weighted by molar-refractivity contribution is 9.10. The van der Waals surface area contributed by atoms with E-state index in [0.29, 0.717) is 34.2 Å². The van der Waals surface area contributed by atoms with Gasteiger partial charge in [-0.2, -0.15) is 9.97 Å². The number of nitrogens with zero attached hydrogens (tertiary/aromatic N) is 4. The van der Waals surface area contributed by atoms with Crippen molar-refractivity contribution in [2.45, 2.75) is 18.9 Å². The maximum absolute atomic E-state index is 13.3. The number of hydrogen-bond acceptors (Lipinski definition) is 7. The molecule has 1 unspecified atom stereocenters. The molecule has 2 bridgehead atoms. The van der Waals surface area contributed by atoms with Gasteiger partial charge in [0.2, 0.25) is 11.8 Å². The first-order valence-electron chi connectivity index (χ1n) is 12.2. The summed E-state index contributed by atoms with van der Waals surface area (Å²) in [5.74, 6) is 0.592. The standard InChI is InChI=1S/C27H24BrFN6O2/c28-22-4-2-1-3-20(22)21-13-17-14-30-26(31-19-7-5-18(29)6-8-19)34-24(17)33-25(21)37-27(36)32-23-15-35-11-9-16(23)10-12-35/h1-8,13-14,16,23H,9-12,15H2,(H,32,36)(H,30,31,33,34). The van der Waals surface area contributed by atoms with Gasteiger partial charge in [-0.05, 0) is 68.2 Å². The molecule has 1 amide bonds. The van der Waals surface area contributed by atoms with E-state index in [1.807, 2.05) is 30.3 Å². The second-order valence-corrected chi connectivity index (χ2v) is 10.2. The fraction of sp³-hybridized carbons (Fsp3) is 0.259. The zero-order valence-corrected chi connectivity index (χ0v) is 21.4. The Morgan fingerprint density at radius 1 is 1.05 bits per heavy atom. The molecule has 2 aromatic carbocycles. The molecule has 3 aliphatic rings. The van der Waals surface area contributed by atoms with Crippen LogP contribution >= 0.6 is 15.9 Å². The predicted molar refractivity (Wildman–Crippen MR) is 142 cm³/mol. The van der Waals surface area contributed by atoms with Gasteiger partial charge in [0.15, 0.2) is 5.65 Å². The molecule has 3 saturated heterocycles. The molecule has 2 aromatic heterocycles. The van der Waals surface area contributed by atoms with Crippen molar-refractivity contribution in [3.63, 3.8) is 0 Å². The number of pyridine rings is 1. The lowest BCUT2D eigenvalue weighted by Gasteiger charge is -2.44. The number of carbonyl (C=O) groups excluding carboxylic acids is 1. The van der Waals surface area contributed by atoms with Crippen LogP contribution in [0, 0.1) is 11.7 Å². The normalized spacial score (nSPS) is 20.5. The summed E-state index contributed by atoms with van der Waals surface area (Å²) in [6, 6.07) is 15.5. The van der Waals surface area contributed by atoms with Crippen LogP contribution in [0.25, 0.3) is 22.2 Å². The van der Waals surface area contributed by atoms with Crippen molar-refractivity contribution in [2.24, 2.45) is 5.92 Å². The zero-order chi connectivity index (χ0) is 25.4. The molecule has 188 valence electrons. The van der Waals surface area contributed by atoms with Crippen LogP contribution in [0.5, 0.6) is 5.88 Å². The van der Waals surface area contributed by atoms with Gasteiger partial charge in [-0.1, -0.05) is 34.1 Å². The van der Waals surface area contributed by atoms with E-state index < -0.39 is 6.09 Å². The van der Waals surface area contributed by atoms with E-state index in [4.69, 9.17) is 4.74 Å². The fourth-order valence-corrected chi connectivity index (χ4v) is 5.52. The van der Waals surface area contributed by atoms with E-state index in [9.17, 15) is 9.18 Å². The van der Waals surface area contributed by atoms with Gasteiger partial charge in [0.05, 0.1) is 0 Å². The molecule has 37 heavy (non-hydrogen) atoms. The van der Waals surface area contributed by atoms with Gasteiger partial charge in [0.1, 0.15) is 5.82 Å². The van der Waals surface area contributed by atoms with E-state index >= 15 is 0 Å². The Bertz CT molecular complexity index is 1460. The van der Waals surface area contributed by atoms with Crippen molar-refractivity contribution in [3.05, 3.63) is 71.1 Å².